The molecule has 2 aromatic heterocycles. The predicted octanol–water partition coefficient (Wildman–Crippen LogP) is 5.53. The topological polar surface area (TPSA) is 70.7 Å². The SMILES string of the molecule is O=c1[nH]c(Nc2ccc(F)cc2)nc2nccc(-c3ccc(-c4ccccc4)cc3)c12. The fourth-order valence-electron chi connectivity index (χ4n) is 3.51. The van der Waals surface area contributed by atoms with Crippen LogP contribution in [0, 0.1) is 5.82 Å². The van der Waals surface area contributed by atoms with Gasteiger partial charge in [-0.15, -0.1) is 0 Å². The zero-order valence-corrected chi connectivity index (χ0v) is 16.3. The van der Waals surface area contributed by atoms with Crippen LogP contribution in [0.5, 0.6) is 0 Å². The van der Waals surface area contributed by atoms with Crippen molar-refractivity contribution in [1.29, 1.82) is 0 Å². The molecule has 0 atom stereocenters. The van der Waals surface area contributed by atoms with Crippen molar-refractivity contribution >= 4 is 22.7 Å². The molecule has 0 bridgehead atoms. The molecule has 3 aromatic carbocycles. The summed E-state index contributed by atoms with van der Waals surface area (Å²) in [6.45, 7) is 0. The highest BCUT2D eigenvalue weighted by atomic mass is 19.1. The van der Waals surface area contributed by atoms with E-state index in [0.717, 1.165) is 22.3 Å². The molecule has 0 amide bonds. The van der Waals surface area contributed by atoms with Crippen LogP contribution < -0.4 is 10.9 Å². The van der Waals surface area contributed by atoms with Crippen LogP contribution in [0.2, 0.25) is 0 Å². The third kappa shape index (κ3) is 3.79. The van der Waals surface area contributed by atoms with Gasteiger partial charge in [-0.25, -0.2) is 9.37 Å². The van der Waals surface area contributed by atoms with E-state index in [-0.39, 0.29) is 17.3 Å². The van der Waals surface area contributed by atoms with E-state index < -0.39 is 0 Å². The van der Waals surface area contributed by atoms with Crippen LogP contribution in [0.1, 0.15) is 0 Å². The summed E-state index contributed by atoms with van der Waals surface area (Å²) < 4.78 is 13.1. The maximum absolute atomic E-state index is 13.1. The number of aromatic amines is 1. The molecule has 0 saturated heterocycles. The van der Waals surface area contributed by atoms with E-state index in [1.807, 2.05) is 48.5 Å². The number of halogens is 1. The number of benzene rings is 3. The number of anilines is 2. The first-order chi connectivity index (χ1) is 15.2. The van der Waals surface area contributed by atoms with Gasteiger partial charge in [0.2, 0.25) is 5.95 Å². The highest BCUT2D eigenvalue weighted by molar-refractivity contribution is 5.92. The maximum atomic E-state index is 13.1. The summed E-state index contributed by atoms with van der Waals surface area (Å²) in [7, 11) is 0. The predicted molar refractivity (Wildman–Crippen MR) is 121 cm³/mol. The molecule has 150 valence electrons. The Morgan fingerprint density at radius 2 is 1.45 bits per heavy atom. The number of rotatable bonds is 4. The lowest BCUT2D eigenvalue weighted by molar-refractivity contribution is 0.628. The van der Waals surface area contributed by atoms with Gasteiger partial charge in [0.05, 0.1) is 5.39 Å². The monoisotopic (exact) mass is 408 g/mol. The standard InChI is InChI=1S/C25H17FN4O/c26-19-10-12-20(13-11-19)28-25-29-23-22(24(31)30-25)21(14-15-27-23)18-8-6-17(7-9-18)16-4-2-1-3-5-16/h1-15H,(H2,27,28,29,30,31). The molecule has 0 aliphatic rings. The Kier molecular flexibility index (Phi) is 4.72. The minimum Gasteiger partial charge on any atom is -0.326 e. The molecule has 5 aromatic rings. The Labute approximate surface area is 177 Å². The van der Waals surface area contributed by atoms with Crippen LogP contribution in [0.4, 0.5) is 16.0 Å². The number of hydrogen-bond donors (Lipinski definition) is 2. The minimum atomic E-state index is -0.338. The highest BCUT2D eigenvalue weighted by Crippen LogP contribution is 2.28. The largest absolute Gasteiger partial charge is 0.326 e. The molecule has 2 heterocycles. The molecular weight excluding hydrogens is 391 g/mol. The van der Waals surface area contributed by atoms with Gasteiger partial charge in [-0.3, -0.25) is 9.78 Å². The molecule has 5 rings (SSSR count). The van der Waals surface area contributed by atoms with Crippen LogP contribution in [-0.2, 0) is 0 Å². The number of fused-ring (bicyclic) bond motifs is 1. The molecule has 0 radical (unpaired) electrons. The lowest BCUT2D eigenvalue weighted by Crippen LogP contribution is -2.13. The molecule has 0 aliphatic heterocycles. The fourth-order valence-corrected chi connectivity index (χ4v) is 3.51. The van der Waals surface area contributed by atoms with Gasteiger partial charge in [0.15, 0.2) is 5.65 Å². The summed E-state index contributed by atoms with van der Waals surface area (Å²) in [6, 6.07) is 25.7. The number of nitrogens with one attached hydrogen (secondary N) is 2. The van der Waals surface area contributed by atoms with E-state index in [2.05, 4.69) is 32.4 Å². The molecule has 0 spiro atoms. The Morgan fingerprint density at radius 1 is 0.774 bits per heavy atom. The van der Waals surface area contributed by atoms with Gasteiger partial charge in [0.1, 0.15) is 5.82 Å². The molecule has 6 heteroatoms. The van der Waals surface area contributed by atoms with Crippen molar-refractivity contribution in [3.8, 4) is 22.3 Å². The third-order valence-corrected chi connectivity index (χ3v) is 5.02. The molecular formula is C25H17FN4O. The average molecular weight is 408 g/mol. The summed E-state index contributed by atoms with van der Waals surface area (Å²) in [4.78, 5) is 24.4. The lowest BCUT2D eigenvalue weighted by Gasteiger charge is -2.09. The van der Waals surface area contributed by atoms with Gasteiger partial charge < -0.3 is 5.32 Å². The Balaban J connectivity index is 1.53. The minimum absolute atomic E-state index is 0.244. The van der Waals surface area contributed by atoms with E-state index in [1.165, 1.54) is 12.1 Å². The van der Waals surface area contributed by atoms with Crippen LogP contribution in [0.25, 0.3) is 33.3 Å². The van der Waals surface area contributed by atoms with Crippen molar-refractivity contribution in [2.45, 2.75) is 0 Å². The number of nitrogens with zero attached hydrogens (tertiary/aromatic N) is 2. The summed E-state index contributed by atoms with van der Waals surface area (Å²) >= 11 is 0. The summed E-state index contributed by atoms with van der Waals surface area (Å²) in [6.07, 6.45) is 1.64. The molecule has 0 aliphatic carbocycles. The van der Waals surface area contributed by atoms with E-state index >= 15 is 0 Å². The number of aromatic nitrogens is 3. The number of hydrogen-bond acceptors (Lipinski definition) is 4. The summed E-state index contributed by atoms with van der Waals surface area (Å²) in [5.41, 5.74) is 4.52. The summed E-state index contributed by atoms with van der Waals surface area (Å²) in [5, 5.41) is 3.39. The van der Waals surface area contributed by atoms with E-state index in [9.17, 15) is 9.18 Å². The quantitative estimate of drug-likeness (QED) is 0.410. The van der Waals surface area contributed by atoms with Crippen molar-refractivity contribution in [2.75, 3.05) is 5.32 Å². The van der Waals surface area contributed by atoms with Gasteiger partial charge >= 0.3 is 0 Å². The van der Waals surface area contributed by atoms with Crippen molar-refractivity contribution in [1.82, 2.24) is 15.0 Å². The second kappa shape index (κ2) is 7.84. The smallest absolute Gasteiger partial charge is 0.262 e. The van der Waals surface area contributed by atoms with E-state index in [1.54, 1.807) is 18.3 Å². The van der Waals surface area contributed by atoms with Gasteiger partial charge in [0, 0.05) is 11.9 Å². The van der Waals surface area contributed by atoms with Crippen molar-refractivity contribution in [3.63, 3.8) is 0 Å². The zero-order valence-electron chi connectivity index (χ0n) is 16.3. The average Bonchev–Trinajstić information content (AvgIpc) is 2.81. The molecule has 0 saturated carbocycles. The second-order valence-corrected chi connectivity index (χ2v) is 7.05. The van der Waals surface area contributed by atoms with Crippen LogP contribution >= 0.6 is 0 Å². The molecule has 0 fully saturated rings. The van der Waals surface area contributed by atoms with Crippen LogP contribution in [0.15, 0.2) is 95.9 Å². The molecule has 0 unspecified atom stereocenters. The first-order valence-corrected chi connectivity index (χ1v) is 9.75. The second-order valence-electron chi connectivity index (χ2n) is 7.05. The summed E-state index contributed by atoms with van der Waals surface area (Å²) in [5.74, 6) is -0.0942. The Bertz CT molecular complexity index is 1410. The lowest BCUT2D eigenvalue weighted by atomic mass is 9.99. The first kappa shape index (κ1) is 18.7. The maximum Gasteiger partial charge on any atom is 0.262 e. The molecule has 31 heavy (non-hydrogen) atoms. The van der Waals surface area contributed by atoms with Crippen LogP contribution in [0.3, 0.4) is 0 Å². The Hall–Kier alpha value is -4.32. The number of pyridine rings is 1. The van der Waals surface area contributed by atoms with Gasteiger partial charge in [-0.05, 0) is 52.6 Å². The normalized spacial score (nSPS) is 10.9. The van der Waals surface area contributed by atoms with Crippen molar-refractivity contribution in [2.24, 2.45) is 0 Å². The van der Waals surface area contributed by atoms with Crippen molar-refractivity contribution < 1.29 is 4.39 Å². The molecule has 2 N–H and O–H groups in total. The van der Waals surface area contributed by atoms with Gasteiger partial charge in [0.25, 0.3) is 5.56 Å². The van der Waals surface area contributed by atoms with Crippen LogP contribution in [-0.4, -0.2) is 15.0 Å². The third-order valence-electron chi connectivity index (χ3n) is 5.02. The molecule has 5 nitrogen and oxygen atoms in total. The number of H-pyrrole nitrogens is 1. The Morgan fingerprint density at radius 3 is 2.19 bits per heavy atom. The first-order valence-electron chi connectivity index (χ1n) is 9.75. The highest BCUT2D eigenvalue weighted by Gasteiger charge is 2.12. The zero-order chi connectivity index (χ0) is 21.2. The van der Waals surface area contributed by atoms with E-state index in [4.69, 9.17) is 0 Å². The van der Waals surface area contributed by atoms with Crippen molar-refractivity contribution in [3.05, 3.63) is 107 Å². The van der Waals surface area contributed by atoms with Gasteiger partial charge in [-0.1, -0.05) is 54.6 Å². The van der Waals surface area contributed by atoms with E-state index in [0.29, 0.717) is 16.7 Å². The van der Waals surface area contributed by atoms with Gasteiger partial charge in [-0.2, -0.15) is 4.98 Å². The fraction of sp³-hybridized carbons (Fsp3) is 0.